The SMILES string of the molecule is Cl.Cl.c1cc2c(ccn2CC2CCNC2)cc1-n1cnnc1. The van der Waals surface area contributed by atoms with E-state index in [1.807, 2.05) is 4.57 Å². The van der Waals surface area contributed by atoms with E-state index in [2.05, 4.69) is 50.5 Å². The van der Waals surface area contributed by atoms with Crippen LogP contribution in [0.1, 0.15) is 6.42 Å². The molecule has 1 aliphatic heterocycles. The van der Waals surface area contributed by atoms with Gasteiger partial charge in [-0.25, -0.2) is 0 Å². The normalized spacial score (nSPS) is 17.2. The summed E-state index contributed by atoms with van der Waals surface area (Å²) < 4.78 is 4.29. The van der Waals surface area contributed by atoms with E-state index in [1.165, 1.54) is 17.3 Å². The second-order valence-corrected chi connectivity index (χ2v) is 5.44. The van der Waals surface area contributed by atoms with Crippen molar-refractivity contribution >= 4 is 35.7 Å². The molecule has 1 atom stereocenters. The number of nitrogens with one attached hydrogen (secondary N) is 1. The van der Waals surface area contributed by atoms with Gasteiger partial charge in [0.15, 0.2) is 0 Å². The number of hydrogen-bond donors (Lipinski definition) is 1. The molecule has 1 aliphatic rings. The summed E-state index contributed by atoms with van der Waals surface area (Å²) >= 11 is 0. The van der Waals surface area contributed by atoms with Gasteiger partial charge in [-0.3, -0.25) is 4.57 Å². The van der Waals surface area contributed by atoms with Gasteiger partial charge < -0.3 is 9.88 Å². The highest BCUT2D eigenvalue weighted by Gasteiger charge is 2.15. The van der Waals surface area contributed by atoms with Crippen molar-refractivity contribution in [1.29, 1.82) is 0 Å². The third-order valence-electron chi connectivity index (χ3n) is 4.09. The minimum Gasteiger partial charge on any atom is -0.347 e. The topological polar surface area (TPSA) is 47.7 Å². The van der Waals surface area contributed by atoms with Crippen LogP contribution in [0.2, 0.25) is 0 Å². The van der Waals surface area contributed by atoms with E-state index in [-0.39, 0.29) is 24.8 Å². The fourth-order valence-electron chi connectivity index (χ4n) is 2.99. The standard InChI is InChI=1S/C15H17N5.2ClH/c1-2-15-13(7-14(1)20-10-17-18-11-20)4-6-19(15)9-12-3-5-16-8-12;;/h1-2,4,6-7,10-12,16H,3,5,8-9H2;2*1H. The monoisotopic (exact) mass is 339 g/mol. The minimum absolute atomic E-state index is 0. The molecule has 0 spiro atoms. The molecule has 4 rings (SSSR count). The highest BCUT2D eigenvalue weighted by atomic mass is 35.5. The first kappa shape index (κ1) is 16.8. The minimum atomic E-state index is 0. The quantitative estimate of drug-likeness (QED) is 0.797. The number of fused-ring (bicyclic) bond motifs is 1. The van der Waals surface area contributed by atoms with Crippen molar-refractivity contribution in [2.24, 2.45) is 5.92 Å². The molecule has 5 nitrogen and oxygen atoms in total. The lowest BCUT2D eigenvalue weighted by Gasteiger charge is -2.11. The Morgan fingerprint density at radius 3 is 2.68 bits per heavy atom. The number of aromatic nitrogens is 4. The van der Waals surface area contributed by atoms with Gasteiger partial charge in [0.25, 0.3) is 0 Å². The van der Waals surface area contributed by atoms with Crippen LogP contribution >= 0.6 is 24.8 Å². The second-order valence-electron chi connectivity index (χ2n) is 5.44. The van der Waals surface area contributed by atoms with E-state index in [0.717, 1.165) is 31.2 Å². The van der Waals surface area contributed by atoms with Gasteiger partial charge in [0.05, 0.1) is 0 Å². The summed E-state index contributed by atoms with van der Waals surface area (Å²) in [6.45, 7) is 3.39. The summed E-state index contributed by atoms with van der Waals surface area (Å²) in [4.78, 5) is 0. The number of benzene rings is 1. The summed E-state index contributed by atoms with van der Waals surface area (Å²) in [7, 11) is 0. The lowest BCUT2D eigenvalue weighted by molar-refractivity contribution is 0.491. The van der Waals surface area contributed by atoms with Crippen molar-refractivity contribution in [3.05, 3.63) is 43.1 Å². The summed E-state index contributed by atoms with van der Waals surface area (Å²) in [5.74, 6) is 0.753. The van der Waals surface area contributed by atoms with Crippen molar-refractivity contribution in [2.75, 3.05) is 13.1 Å². The molecule has 3 aromatic rings. The van der Waals surface area contributed by atoms with Gasteiger partial charge in [-0.2, -0.15) is 0 Å². The first-order chi connectivity index (χ1) is 9.90. The van der Waals surface area contributed by atoms with E-state index in [1.54, 1.807) is 12.7 Å². The molecule has 22 heavy (non-hydrogen) atoms. The number of halogens is 2. The second kappa shape index (κ2) is 7.13. The average Bonchev–Trinajstić information content (AvgIpc) is 3.20. The van der Waals surface area contributed by atoms with Gasteiger partial charge in [0.2, 0.25) is 0 Å². The first-order valence-corrected chi connectivity index (χ1v) is 7.05. The van der Waals surface area contributed by atoms with Crippen LogP contribution in [-0.2, 0) is 6.54 Å². The van der Waals surface area contributed by atoms with Crippen LogP contribution in [0.5, 0.6) is 0 Å². The first-order valence-electron chi connectivity index (χ1n) is 7.05. The van der Waals surface area contributed by atoms with Gasteiger partial charge in [0, 0.05) is 29.3 Å². The van der Waals surface area contributed by atoms with Crippen LogP contribution in [0, 0.1) is 5.92 Å². The van der Waals surface area contributed by atoms with E-state index < -0.39 is 0 Å². The molecule has 2 aromatic heterocycles. The largest absolute Gasteiger partial charge is 0.347 e. The lowest BCUT2D eigenvalue weighted by atomic mass is 10.1. The van der Waals surface area contributed by atoms with Crippen molar-refractivity contribution in [1.82, 2.24) is 24.6 Å². The smallest absolute Gasteiger partial charge is 0.123 e. The molecule has 1 fully saturated rings. The fourth-order valence-corrected chi connectivity index (χ4v) is 2.99. The van der Waals surface area contributed by atoms with Gasteiger partial charge in [-0.15, -0.1) is 35.0 Å². The molecule has 1 aromatic carbocycles. The van der Waals surface area contributed by atoms with Crippen LogP contribution in [0.4, 0.5) is 0 Å². The zero-order chi connectivity index (χ0) is 13.4. The molecule has 3 heterocycles. The van der Waals surface area contributed by atoms with Crippen molar-refractivity contribution in [3.8, 4) is 5.69 Å². The molecular weight excluding hydrogens is 321 g/mol. The van der Waals surface area contributed by atoms with Crippen molar-refractivity contribution < 1.29 is 0 Å². The molecule has 7 heteroatoms. The molecule has 1 N–H and O–H groups in total. The van der Waals surface area contributed by atoms with Crippen molar-refractivity contribution in [3.63, 3.8) is 0 Å². The number of rotatable bonds is 3. The third-order valence-corrected chi connectivity index (χ3v) is 4.09. The van der Waals surface area contributed by atoms with E-state index in [9.17, 15) is 0 Å². The van der Waals surface area contributed by atoms with Crippen LogP contribution in [-0.4, -0.2) is 32.4 Å². The van der Waals surface area contributed by atoms with E-state index in [0.29, 0.717) is 0 Å². The number of nitrogens with zero attached hydrogens (tertiary/aromatic N) is 4. The molecule has 0 bridgehead atoms. The predicted octanol–water partition coefficient (Wildman–Crippen LogP) is 2.68. The Morgan fingerprint density at radius 2 is 1.95 bits per heavy atom. The Balaban J connectivity index is 0.000000882. The summed E-state index contributed by atoms with van der Waals surface area (Å²) in [5.41, 5.74) is 2.40. The Morgan fingerprint density at radius 1 is 1.14 bits per heavy atom. The summed E-state index contributed by atoms with van der Waals surface area (Å²) in [5, 5.41) is 12.4. The van der Waals surface area contributed by atoms with Gasteiger partial charge in [-0.05, 0) is 49.7 Å². The zero-order valence-electron chi connectivity index (χ0n) is 12.1. The van der Waals surface area contributed by atoms with E-state index >= 15 is 0 Å². The molecule has 1 unspecified atom stereocenters. The molecule has 0 amide bonds. The molecule has 0 radical (unpaired) electrons. The maximum atomic E-state index is 3.85. The fraction of sp³-hybridized carbons (Fsp3) is 0.333. The van der Waals surface area contributed by atoms with E-state index in [4.69, 9.17) is 0 Å². The molecule has 1 saturated heterocycles. The Hall–Kier alpha value is -1.56. The Kier molecular flexibility index (Phi) is 5.45. The van der Waals surface area contributed by atoms with Crippen LogP contribution < -0.4 is 5.32 Å². The molecular formula is C15H19Cl2N5. The lowest BCUT2D eigenvalue weighted by Crippen LogP contribution is -2.13. The van der Waals surface area contributed by atoms with Gasteiger partial charge >= 0.3 is 0 Å². The van der Waals surface area contributed by atoms with Crippen LogP contribution in [0.3, 0.4) is 0 Å². The Labute approximate surface area is 141 Å². The van der Waals surface area contributed by atoms with Crippen LogP contribution in [0.25, 0.3) is 16.6 Å². The summed E-state index contributed by atoms with van der Waals surface area (Å²) in [6, 6.07) is 8.68. The Bertz CT molecular complexity index is 717. The van der Waals surface area contributed by atoms with Crippen LogP contribution in [0.15, 0.2) is 43.1 Å². The van der Waals surface area contributed by atoms with Gasteiger partial charge in [-0.1, -0.05) is 0 Å². The zero-order valence-corrected chi connectivity index (χ0v) is 13.7. The average molecular weight is 340 g/mol. The third kappa shape index (κ3) is 3.11. The molecule has 0 saturated carbocycles. The maximum absolute atomic E-state index is 3.85. The molecule has 118 valence electrons. The van der Waals surface area contributed by atoms with Crippen molar-refractivity contribution in [2.45, 2.75) is 13.0 Å². The summed E-state index contributed by atoms with van der Waals surface area (Å²) in [6.07, 6.45) is 6.92. The highest BCUT2D eigenvalue weighted by Crippen LogP contribution is 2.22. The maximum Gasteiger partial charge on any atom is 0.123 e. The highest BCUT2D eigenvalue weighted by molar-refractivity contribution is 5.85. The van der Waals surface area contributed by atoms with Gasteiger partial charge in [0.1, 0.15) is 12.7 Å². The molecule has 0 aliphatic carbocycles. The number of hydrogen-bond acceptors (Lipinski definition) is 3. The predicted molar refractivity (Wildman–Crippen MR) is 92.3 cm³/mol.